The van der Waals surface area contributed by atoms with Crippen LogP contribution in [0, 0.1) is 6.92 Å². The minimum absolute atomic E-state index is 0.00212. The maximum Gasteiger partial charge on any atom is 0.407 e. The Morgan fingerprint density at radius 1 is 0.909 bits per heavy atom. The van der Waals surface area contributed by atoms with E-state index >= 15 is 0 Å². The highest BCUT2D eigenvalue weighted by Crippen LogP contribution is 2.30. The van der Waals surface area contributed by atoms with E-state index in [-0.39, 0.29) is 32.6 Å². The highest BCUT2D eigenvalue weighted by molar-refractivity contribution is 6.31. The van der Waals surface area contributed by atoms with Crippen LogP contribution in [0.2, 0.25) is 5.02 Å². The van der Waals surface area contributed by atoms with Crippen molar-refractivity contribution in [1.82, 2.24) is 10.6 Å². The zero-order valence-electron chi connectivity index (χ0n) is 31.1. The second-order valence-corrected chi connectivity index (χ2v) is 13.2. The number of nitrogens with one attached hydrogen (secondary N) is 2. The molecule has 0 saturated heterocycles. The molecule has 2 amide bonds. The molecular weight excluding hydrogens is 718 g/mol. The first-order valence-corrected chi connectivity index (χ1v) is 18.3. The zero-order valence-corrected chi connectivity index (χ0v) is 31.8. The summed E-state index contributed by atoms with van der Waals surface area (Å²) in [5.41, 5.74) is 12.1. The molecule has 0 fully saturated rings. The number of aliphatic hydroxyl groups is 1. The molecule has 0 bridgehead atoms. The summed E-state index contributed by atoms with van der Waals surface area (Å²) in [6.45, 7) is 7.64. The Bertz CT molecular complexity index is 1950. The van der Waals surface area contributed by atoms with Gasteiger partial charge >= 0.3 is 12.1 Å². The van der Waals surface area contributed by atoms with Crippen LogP contribution >= 0.6 is 11.6 Å². The number of carbonyl (C=O) groups is 3. The lowest BCUT2D eigenvalue weighted by atomic mass is 9.97. The second kappa shape index (κ2) is 21.9. The van der Waals surface area contributed by atoms with Gasteiger partial charge in [0.25, 0.3) is 0 Å². The zero-order chi connectivity index (χ0) is 39.6. The van der Waals surface area contributed by atoms with E-state index < -0.39 is 36.2 Å². The van der Waals surface area contributed by atoms with Gasteiger partial charge in [-0.1, -0.05) is 115 Å². The smallest absolute Gasteiger partial charge is 0.407 e. The van der Waals surface area contributed by atoms with Crippen molar-refractivity contribution in [2.75, 3.05) is 13.2 Å². The number of benzene rings is 4. The van der Waals surface area contributed by atoms with Crippen LogP contribution in [-0.4, -0.2) is 54.4 Å². The second-order valence-electron chi connectivity index (χ2n) is 12.8. The van der Waals surface area contributed by atoms with Gasteiger partial charge in [-0.3, -0.25) is 4.79 Å². The minimum atomic E-state index is -1.22. The molecule has 4 aromatic rings. The monoisotopic (exact) mass is 765 g/mol. The number of aliphatic hydroxyl groups excluding tert-OH is 1. The topological polar surface area (TPSA) is 149 Å². The Balaban J connectivity index is 1.42. The van der Waals surface area contributed by atoms with Crippen LogP contribution in [0.1, 0.15) is 35.6 Å². The van der Waals surface area contributed by atoms with Crippen LogP contribution in [0.5, 0.6) is 5.75 Å². The van der Waals surface area contributed by atoms with Crippen LogP contribution in [0.3, 0.4) is 0 Å². The summed E-state index contributed by atoms with van der Waals surface area (Å²) < 4.78 is 16.9. The summed E-state index contributed by atoms with van der Waals surface area (Å²) >= 11 is 6.66. The van der Waals surface area contributed by atoms with Crippen molar-refractivity contribution in [2.24, 2.45) is 5.73 Å². The van der Waals surface area contributed by atoms with Gasteiger partial charge in [0, 0.05) is 18.0 Å². The Kier molecular flexibility index (Phi) is 16.7. The van der Waals surface area contributed by atoms with Crippen LogP contribution in [0.4, 0.5) is 4.79 Å². The summed E-state index contributed by atoms with van der Waals surface area (Å²) in [6.07, 6.45) is 4.74. The molecule has 3 atom stereocenters. The molecule has 5 N–H and O–H groups in total. The van der Waals surface area contributed by atoms with Gasteiger partial charge in [0.05, 0.1) is 12.1 Å². The Hall–Kier alpha value is -5.68. The number of rotatable bonds is 19. The molecule has 55 heavy (non-hydrogen) atoms. The molecule has 0 aliphatic rings. The Morgan fingerprint density at radius 2 is 1.56 bits per heavy atom. The standard InChI is InChI=1S/C44H48ClN3O7/c1-4-6-13-31(5-2)27-55-44(52)47-26-37(49)25-39(46)42(50)48-40(43(51)54-29-33-16-11-8-12-17-33)24-36-23-35(18-20-38(36)45)34-19-21-41(30(3)22-34)53-28-32-14-9-7-10-15-32/h4-23,37,39-40,49H,1,24-29,46H2,2-3H3,(H,47,52)(H,48,50)/b13-6-,31-5+/t37-,39+,40?/m1/s1. The molecule has 4 rings (SSSR count). The summed E-state index contributed by atoms with van der Waals surface area (Å²) in [7, 11) is 0. The van der Waals surface area contributed by atoms with E-state index in [1.807, 2.05) is 105 Å². The van der Waals surface area contributed by atoms with Gasteiger partial charge in [0.2, 0.25) is 5.91 Å². The molecule has 0 heterocycles. The van der Waals surface area contributed by atoms with E-state index in [2.05, 4.69) is 17.2 Å². The van der Waals surface area contributed by atoms with E-state index in [0.717, 1.165) is 39.1 Å². The largest absolute Gasteiger partial charge is 0.489 e. The van der Waals surface area contributed by atoms with Gasteiger partial charge in [-0.25, -0.2) is 9.59 Å². The number of amides is 2. The van der Waals surface area contributed by atoms with Gasteiger partial charge in [-0.2, -0.15) is 0 Å². The molecule has 4 aromatic carbocycles. The van der Waals surface area contributed by atoms with E-state index in [9.17, 15) is 19.5 Å². The molecule has 0 aliphatic heterocycles. The maximum absolute atomic E-state index is 13.5. The summed E-state index contributed by atoms with van der Waals surface area (Å²) in [6, 6.07) is 28.1. The van der Waals surface area contributed by atoms with E-state index in [1.165, 1.54) is 0 Å². The molecule has 10 nitrogen and oxygen atoms in total. The van der Waals surface area contributed by atoms with Crippen molar-refractivity contribution in [3.05, 3.63) is 161 Å². The highest BCUT2D eigenvalue weighted by Gasteiger charge is 2.28. The third kappa shape index (κ3) is 13.9. The highest BCUT2D eigenvalue weighted by atomic mass is 35.5. The van der Waals surface area contributed by atoms with E-state index in [0.29, 0.717) is 17.2 Å². The molecule has 11 heteroatoms. The first-order valence-electron chi connectivity index (χ1n) is 17.9. The number of aryl methyl sites for hydroxylation is 1. The fraction of sp³-hybridized carbons (Fsp3) is 0.250. The molecular formula is C44H48ClN3O7. The van der Waals surface area contributed by atoms with Gasteiger partial charge in [0.15, 0.2) is 0 Å². The molecule has 288 valence electrons. The lowest BCUT2D eigenvalue weighted by Gasteiger charge is -2.22. The summed E-state index contributed by atoms with van der Waals surface area (Å²) in [5.74, 6) is -0.613. The molecule has 0 spiro atoms. The molecule has 0 radical (unpaired) electrons. The normalized spacial score (nSPS) is 13.0. The number of alkyl carbamates (subject to hydrolysis) is 1. The fourth-order valence-electron chi connectivity index (χ4n) is 5.46. The van der Waals surface area contributed by atoms with Gasteiger partial charge < -0.3 is 35.7 Å². The van der Waals surface area contributed by atoms with Crippen molar-refractivity contribution in [3.8, 4) is 16.9 Å². The number of ether oxygens (including phenoxy) is 3. The number of hydrogen-bond acceptors (Lipinski definition) is 8. The van der Waals surface area contributed by atoms with Crippen molar-refractivity contribution in [3.63, 3.8) is 0 Å². The van der Waals surface area contributed by atoms with Crippen LogP contribution in [-0.2, 0) is 38.7 Å². The minimum Gasteiger partial charge on any atom is -0.489 e. The van der Waals surface area contributed by atoms with E-state index in [1.54, 1.807) is 30.4 Å². The Labute approximate surface area is 327 Å². The summed E-state index contributed by atoms with van der Waals surface area (Å²) in [4.78, 5) is 39.0. The summed E-state index contributed by atoms with van der Waals surface area (Å²) in [5, 5.41) is 16.1. The van der Waals surface area contributed by atoms with Crippen molar-refractivity contribution in [1.29, 1.82) is 0 Å². The predicted molar refractivity (Wildman–Crippen MR) is 215 cm³/mol. The molecule has 1 unspecified atom stereocenters. The Morgan fingerprint density at radius 3 is 2.22 bits per heavy atom. The van der Waals surface area contributed by atoms with Crippen LogP contribution < -0.4 is 21.1 Å². The fourth-order valence-corrected chi connectivity index (χ4v) is 5.66. The van der Waals surface area contributed by atoms with Crippen LogP contribution in [0.15, 0.2) is 134 Å². The lowest BCUT2D eigenvalue weighted by molar-refractivity contribution is -0.149. The number of allylic oxidation sites excluding steroid dienone is 3. The number of esters is 1. The van der Waals surface area contributed by atoms with Crippen molar-refractivity contribution < 1.29 is 33.7 Å². The van der Waals surface area contributed by atoms with Crippen molar-refractivity contribution >= 4 is 29.6 Å². The molecule has 0 aliphatic carbocycles. The third-order valence-corrected chi connectivity index (χ3v) is 8.94. The first-order chi connectivity index (χ1) is 26.6. The lowest BCUT2D eigenvalue weighted by Crippen LogP contribution is -2.51. The quantitative estimate of drug-likeness (QED) is 0.0581. The molecule has 0 aromatic heterocycles. The maximum atomic E-state index is 13.5. The predicted octanol–water partition coefficient (Wildman–Crippen LogP) is 7.16. The van der Waals surface area contributed by atoms with Gasteiger partial charge in [-0.05, 0) is 83.5 Å². The van der Waals surface area contributed by atoms with Gasteiger partial charge in [-0.15, -0.1) is 0 Å². The van der Waals surface area contributed by atoms with E-state index in [4.69, 9.17) is 31.5 Å². The van der Waals surface area contributed by atoms with Gasteiger partial charge in [0.1, 0.15) is 31.6 Å². The first kappa shape index (κ1) is 42.1. The average molecular weight is 766 g/mol. The van der Waals surface area contributed by atoms with Crippen molar-refractivity contribution in [2.45, 2.75) is 58.1 Å². The third-order valence-electron chi connectivity index (χ3n) is 8.57. The SMILES string of the molecule is C=C/C=C\C(=C/C)COC(=O)NC[C@H](O)C[C@H](N)C(=O)NC(Cc1cc(-c2ccc(OCc3ccccc3)c(C)c2)ccc1Cl)C(=O)OCc1ccccc1. The number of halogens is 1. The molecule has 0 saturated carbocycles. The number of nitrogens with two attached hydrogens (primary N) is 1. The number of carbonyl (C=O) groups excluding carboxylic acids is 3. The van der Waals surface area contributed by atoms with Crippen LogP contribution in [0.25, 0.3) is 11.1 Å². The average Bonchev–Trinajstić information content (AvgIpc) is 3.19. The number of hydrogen-bond donors (Lipinski definition) is 4.